The standard InChI is InChI=1S/C22H29N3O3S/c1-25(18-10-7-11-23-22(18)15-8-5-4-6-9-15)19-14-17-16(12-20(19)28-2)13-21(24-17)29(3,26)27/h4-6,8-9,12,14,18,21-24H,7,10-11,13H2,1-3H3/t18-,21?,22-/m0/s1. The molecule has 156 valence electrons. The molecule has 29 heavy (non-hydrogen) atoms. The first-order valence-corrected chi connectivity index (χ1v) is 12.0. The Kier molecular flexibility index (Phi) is 5.44. The highest BCUT2D eigenvalue weighted by Gasteiger charge is 2.33. The van der Waals surface area contributed by atoms with E-state index in [1.165, 1.54) is 11.8 Å². The number of piperidine rings is 1. The van der Waals surface area contributed by atoms with Crippen LogP contribution in [0.3, 0.4) is 0 Å². The van der Waals surface area contributed by atoms with Crippen LogP contribution < -0.4 is 20.3 Å². The predicted octanol–water partition coefficient (Wildman–Crippen LogP) is 2.96. The summed E-state index contributed by atoms with van der Waals surface area (Å²) < 4.78 is 29.7. The molecule has 0 saturated carbocycles. The van der Waals surface area contributed by atoms with Crippen molar-refractivity contribution in [1.29, 1.82) is 0 Å². The molecule has 2 aliphatic heterocycles. The highest BCUT2D eigenvalue weighted by atomic mass is 32.2. The number of hydrogen-bond acceptors (Lipinski definition) is 6. The quantitative estimate of drug-likeness (QED) is 0.782. The van der Waals surface area contributed by atoms with Crippen LogP contribution in [0.4, 0.5) is 11.4 Å². The molecule has 2 N–H and O–H groups in total. The van der Waals surface area contributed by atoms with Crippen molar-refractivity contribution >= 4 is 21.2 Å². The molecular weight excluding hydrogens is 386 g/mol. The normalized spacial score (nSPS) is 23.9. The van der Waals surface area contributed by atoms with E-state index in [4.69, 9.17) is 4.74 Å². The van der Waals surface area contributed by atoms with Crippen molar-refractivity contribution in [1.82, 2.24) is 5.32 Å². The molecule has 0 bridgehead atoms. The molecule has 2 heterocycles. The predicted molar refractivity (Wildman–Crippen MR) is 118 cm³/mol. The first-order chi connectivity index (χ1) is 13.9. The molecule has 1 saturated heterocycles. The fraction of sp³-hybridized carbons (Fsp3) is 0.455. The van der Waals surface area contributed by atoms with Crippen LogP contribution in [0.15, 0.2) is 42.5 Å². The SMILES string of the molecule is COc1cc2c(cc1N(C)[C@H]1CCCN[C@H]1c1ccccc1)NC(S(C)(=O)=O)C2. The second-order valence-corrected chi connectivity index (χ2v) is 10.2. The van der Waals surface area contributed by atoms with Crippen molar-refractivity contribution in [3.8, 4) is 5.75 Å². The van der Waals surface area contributed by atoms with Crippen LogP contribution in [0.2, 0.25) is 0 Å². The van der Waals surface area contributed by atoms with Gasteiger partial charge in [0.25, 0.3) is 0 Å². The largest absolute Gasteiger partial charge is 0.495 e. The van der Waals surface area contributed by atoms with Crippen LogP contribution in [-0.2, 0) is 16.3 Å². The Morgan fingerprint density at radius 2 is 1.93 bits per heavy atom. The van der Waals surface area contributed by atoms with Gasteiger partial charge in [0.1, 0.15) is 11.1 Å². The maximum Gasteiger partial charge on any atom is 0.168 e. The summed E-state index contributed by atoms with van der Waals surface area (Å²) >= 11 is 0. The zero-order valence-electron chi connectivity index (χ0n) is 17.2. The number of anilines is 2. The summed E-state index contributed by atoms with van der Waals surface area (Å²) in [4.78, 5) is 2.28. The van der Waals surface area contributed by atoms with Crippen LogP contribution in [0, 0.1) is 0 Å². The number of ether oxygens (including phenoxy) is 1. The second-order valence-electron chi connectivity index (χ2n) is 8.01. The van der Waals surface area contributed by atoms with E-state index in [-0.39, 0.29) is 12.1 Å². The lowest BCUT2D eigenvalue weighted by Crippen LogP contribution is -2.47. The van der Waals surface area contributed by atoms with E-state index in [9.17, 15) is 8.42 Å². The Morgan fingerprint density at radius 3 is 2.62 bits per heavy atom. The van der Waals surface area contributed by atoms with Gasteiger partial charge in [0.15, 0.2) is 9.84 Å². The van der Waals surface area contributed by atoms with Crippen LogP contribution >= 0.6 is 0 Å². The van der Waals surface area contributed by atoms with Gasteiger partial charge in [-0.05, 0) is 42.6 Å². The van der Waals surface area contributed by atoms with Gasteiger partial charge in [0.2, 0.25) is 0 Å². The number of nitrogens with zero attached hydrogens (tertiary/aromatic N) is 1. The third-order valence-electron chi connectivity index (χ3n) is 6.11. The van der Waals surface area contributed by atoms with Crippen LogP contribution in [0.5, 0.6) is 5.75 Å². The molecule has 1 unspecified atom stereocenters. The van der Waals surface area contributed by atoms with Gasteiger partial charge in [-0.3, -0.25) is 0 Å². The smallest absolute Gasteiger partial charge is 0.168 e. The average molecular weight is 416 g/mol. The molecule has 6 nitrogen and oxygen atoms in total. The molecule has 0 spiro atoms. The minimum absolute atomic E-state index is 0.227. The number of hydrogen-bond donors (Lipinski definition) is 2. The summed E-state index contributed by atoms with van der Waals surface area (Å²) in [6.45, 7) is 1.00. The minimum atomic E-state index is -3.16. The molecule has 0 amide bonds. The third kappa shape index (κ3) is 3.94. The fourth-order valence-corrected chi connectivity index (χ4v) is 5.33. The Bertz CT molecular complexity index is 978. The number of sulfone groups is 1. The summed E-state index contributed by atoms with van der Waals surface area (Å²) in [5.41, 5.74) is 4.11. The maximum absolute atomic E-state index is 12.0. The zero-order chi connectivity index (χ0) is 20.6. The molecular formula is C22H29N3O3S. The van der Waals surface area contributed by atoms with Gasteiger partial charge in [0.05, 0.1) is 18.8 Å². The van der Waals surface area contributed by atoms with Crippen molar-refractivity contribution in [2.75, 3.05) is 37.2 Å². The lowest BCUT2D eigenvalue weighted by molar-refractivity contribution is 0.344. The van der Waals surface area contributed by atoms with Crippen LogP contribution in [0.25, 0.3) is 0 Å². The van der Waals surface area contributed by atoms with Crippen molar-refractivity contribution in [3.05, 3.63) is 53.6 Å². The summed E-state index contributed by atoms with van der Waals surface area (Å²) in [7, 11) is 0.604. The lowest BCUT2D eigenvalue weighted by atomic mass is 9.91. The Hall–Kier alpha value is -2.25. The lowest BCUT2D eigenvalue weighted by Gasteiger charge is -2.40. The highest BCUT2D eigenvalue weighted by molar-refractivity contribution is 7.91. The van der Waals surface area contributed by atoms with E-state index < -0.39 is 15.2 Å². The number of benzene rings is 2. The number of methoxy groups -OCH3 is 1. The average Bonchev–Trinajstić information content (AvgIpc) is 3.16. The summed E-state index contributed by atoms with van der Waals surface area (Å²) in [6, 6.07) is 15.0. The molecule has 3 atom stereocenters. The van der Waals surface area contributed by atoms with Gasteiger partial charge in [-0.2, -0.15) is 0 Å². The fourth-order valence-electron chi connectivity index (χ4n) is 4.50. The Morgan fingerprint density at radius 1 is 1.17 bits per heavy atom. The number of nitrogens with one attached hydrogen (secondary N) is 2. The van der Waals surface area contributed by atoms with Crippen molar-refractivity contribution in [2.45, 2.75) is 36.7 Å². The molecule has 4 rings (SSSR count). The van der Waals surface area contributed by atoms with Gasteiger partial charge < -0.3 is 20.3 Å². The van der Waals surface area contributed by atoms with E-state index in [0.29, 0.717) is 6.42 Å². The summed E-state index contributed by atoms with van der Waals surface area (Å²) in [5.74, 6) is 0.777. The molecule has 2 aromatic carbocycles. The third-order valence-corrected chi connectivity index (χ3v) is 7.42. The van der Waals surface area contributed by atoms with E-state index in [0.717, 1.165) is 42.1 Å². The maximum atomic E-state index is 12.0. The Balaban J connectivity index is 1.67. The second kappa shape index (κ2) is 7.88. The molecule has 0 aliphatic carbocycles. The molecule has 0 aromatic heterocycles. The van der Waals surface area contributed by atoms with Crippen molar-refractivity contribution in [3.63, 3.8) is 0 Å². The molecule has 2 aromatic rings. The number of fused-ring (bicyclic) bond motifs is 1. The molecule has 1 fully saturated rings. The summed E-state index contributed by atoms with van der Waals surface area (Å²) in [6.07, 6.45) is 3.92. The molecule has 7 heteroatoms. The van der Waals surface area contributed by atoms with Crippen molar-refractivity contribution < 1.29 is 13.2 Å². The summed E-state index contributed by atoms with van der Waals surface area (Å²) in [5, 5.41) is 6.28. The van der Waals surface area contributed by atoms with Gasteiger partial charge in [0, 0.05) is 31.5 Å². The van der Waals surface area contributed by atoms with Gasteiger partial charge in [-0.1, -0.05) is 30.3 Å². The molecule has 0 radical (unpaired) electrons. The first-order valence-electron chi connectivity index (χ1n) is 10.1. The van der Waals surface area contributed by atoms with Crippen molar-refractivity contribution in [2.24, 2.45) is 0 Å². The van der Waals surface area contributed by atoms with E-state index in [2.05, 4.69) is 46.8 Å². The zero-order valence-corrected chi connectivity index (χ0v) is 18.0. The van der Waals surface area contributed by atoms with E-state index in [1.807, 2.05) is 18.2 Å². The van der Waals surface area contributed by atoms with Crippen LogP contribution in [-0.4, -0.2) is 46.8 Å². The van der Waals surface area contributed by atoms with Gasteiger partial charge in [-0.25, -0.2) is 8.42 Å². The van der Waals surface area contributed by atoms with E-state index >= 15 is 0 Å². The minimum Gasteiger partial charge on any atom is -0.495 e. The van der Waals surface area contributed by atoms with Gasteiger partial charge >= 0.3 is 0 Å². The molecule has 2 aliphatic rings. The van der Waals surface area contributed by atoms with E-state index in [1.54, 1.807) is 7.11 Å². The monoisotopic (exact) mass is 415 g/mol. The highest BCUT2D eigenvalue weighted by Crippen LogP contribution is 2.41. The Labute approximate surface area is 173 Å². The first kappa shape index (κ1) is 20.0. The topological polar surface area (TPSA) is 70.7 Å². The van der Waals surface area contributed by atoms with Gasteiger partial charge in [-0.15, -0.1) is 0 Å². The number of likely N-dealkylation sites (N-methyl/N-ethyl adjacent to an activating group) is 1. The van der Waals surface area contributed by atoms with Crippen LogP contribution in [0.1, 0.15) is 30.0 Å². The number of rotatable bonds is 5.